The Hall–Kier alpha value is -1.11. The number of primary amides is 1. The van der Waals surface area contributed by atoms with Crippen molar-refractivity contribution in [1.29, 1.82) is 0 Å². The van der Waals surface area contributed by atoms with Crippen molar-refractivity contribution in [3.05, 3.63) is 12.2 Å². The van der Waals surface area contributed by atoms with E-state index >= 15 is 0 Å². The van der Waals surface area contributed by atoms with Crippen molar-refractivity contribution in [2.24, 2.45) is 23.5 Å². The Kier molecular flexibility index (Phi) is 21.5. The number of nitrogens with one attached hydrogen (secondary N) is 2. The molecule has 4 N–H and O–H groups in total. The summed E-state index contributed by atoms with van der Waals surface area (Å²) in [6, 6.07) is 0.413. The molecule has 5 unspecified atom stereocenters. The van der Waals surface area contributed by atoms with E-state index in [1.54, 1.807) is 13.3 Å². The summed E-state index contributed by atoms with van der Waals surface area (Å²) in [4.78, 5) is 33.2. The van der Waals surface area contributed by atoms with Gasteiger partial charge in [0.1, 0.15) is 0 Å². The SMILES string of the molecule is CC1CCN(C(=O)CNP)C1C.CCCCC/C=C\C1CC1C(N)=O.CNC=O.CS. The number of hydrogen-bond acceptors (Lipinski definition) is 5. The molecule has 182 valence electrons. The lowest BCUT2D eigenvalue weighted by atomic mass is 10.1. The summed E-state index contributed by atoms with van der Waals surface area (Å²) in [5.41, 5.74) is 5.17. The largest absolute Gasteiger partial charge is 0.369 e. The van der Waals surface area contributed by atoms with Crippen LogP contribution in [0.4, 0.5) is 0 Å². The molecule has 2 fully saturated rings. The monoisotopic (exact) mass is 476 g/mol. The number of unbranched alkanes of at least 4 members (excludes halogenated alkanes) is 3. The summed E-state index contributed by atoms with van der Waals surface area (Å²) in [6.45, 7) is 7.88. The summed E-state index contributed by atoms with van der Waals surface area (Å²) in [5, 5.41) is 5.06. The van der Waals surface area contributed by atoms with Crippen LogP contribution in [0.25, 0.3) is 0 Å². The van der Waals surface area contributed by atoms with Gasteiger partial charge in [-0.2, -0.15) is 12.6 Å². The number of allylic oxidation sites excluding steroid dienone is 2. The Bertz CT molecular complexity index is 523. The van der Waals surface area contributed by atoms with Crippen molar-refractivity contribution in [3.8, 4) is 0 Å². The molecule has 1 saturated carbocycles. The smallest absolute Gasteiger partial charge is 0.237 e. The van der Waals surface area contributed by atoms with Gasteiger partial charge in [-0.05, 0) is 50.7 Å². The van der Waals surface area contributed by atoms with Crippen molar-refractivity contribution in [3.63, 3.8) is 0 Å². The second-order valence-electron chi connectivity index (χ2n) is 7.71. The Morgan fingerprint density at radius 3 is 2.26 bits per heavy atom. The first-order valence-electron chi connectivity index (χ1n) is 11.1. The Balaban J connectivity index is 0. The van der Waals surface area contributed by atoms with Gasteiger partial charge in [0.2, 0.25) is 18.2 Å². The van der Waals surface area contributed by atoms with Crippen molar-refractivity contribution in [2.75, 3.05) is 26.4 Å². The van der Waals surface area contributed by atoms with Crippen molar-refractivity contribution >= 4 is 40.2 Å². The molecule has 1 heterocycles. The molecular formula is C22H45N4O3PS. The maximum absolute atomic E-state index is 11.5. The average Bonchev–Trinajstić information content (AvgIpc) is 3.48. The summed E-state index contributed by atoms with van der Waals surface area (Å²) in [7, 11) is 3.92. The van der Waals surface area contributed by atoms with Gasteiger partial charge in [0, 0.05) is 25.6 Å². The molecule has 0 aromatic carbocycles. The van der Waals surface area contributed by atoms with Gasteiger partial charge in [-0.1, -0.05) is 48.2 Å². The van der Waals surface area contributed by atoms with Crippen LogP contribution in [0.2, 0.25) is 0 Å². The van der Waals surface area contributed by atoms with Crippen LogP contribution in [0.3, 0.4) is 0 Å². The van der Waals surface area contributed by atoms with E-state index in [1.165, 1.54) is 19.3 Å². The minimum Gasteiger partial charge on any atom is -0.369 e. The fraction of sp³-hybridized carbons (Fsp3) is 0.773. The molecule has 0 aromatic rings. The van der Waals surface area contributed by atoms with Crippen LogP contribution in [0.1, 0.15) is 59.3 Å². The van der Waals surface area contributed by atoms with Gasteiger partial charge in [0.25, 0.3) is 0 Å². The van der Waals surface area contributed by atoms with E-state index in [-0.39, 0.29) is 17.7 Å². The Labute approximate surface area is 197 Å². The molecule has 1 saturated heterocycles. The van der Waals surface area contributed by atoms with Crippen LogP contribution in [0.15, 0.2) is 12.2 Å². The van der Waals surface area contributed by atoms with Gasteiger partial charge in [-0.3, -0.25) is 19.5 Å². The molecule has 9 heteroatoms. The van der Waals surface area contributed by atoms with E-state index in [9.17, 15) is 9.59 Å². The fourth-order valence-electron chi connectivity index (χ4n) is 3.17. The molecule has 5 atom stereocenters. The number of carbonyl (C=O) groups excluding carboxylic acids is 3. The number of hydrogen-bond donors (Lipinski definition) is 4. The topological polar surface area (TPSA) is 105 Å². The lowest BCUT2D eigenvalue weighted by Gasteiger charge is -2.23. The maximum Gasteiger partial charge on any atom is 0.237 e. The highest BCUT2D eigenvalue weighted by Crippen LogP contribution is 2.39. The third kappa shape index (κ3) is 15.4. The molecule has 1 aliphatic carbocycles. The van der Waals surface area contributed by atoms with Gasteiger partial charge in [-0.25, -0.2) is 0 Å². The maximum atomic E-state index is 11.5. The molecule has 1 aliphatic heterocycles. The number of likely N-dealkylation sites (tertiary alicyclic amines) is 1. The van der Waals surface area contributed by atoms with Crippen LogP contribution in [0.5, 0.6) is 0 Å². The normalized spacial score (nSPS) is 23.4. The first-order chi connectivity index (χ1) is 14.8. The van der Waals surface area contributed by atoms with Gasteiger partial charge in [-0.15, -0.1) is 0 Å². The molecule has 3 amide bonds. The molecule has 0 spiro atoms. The predicted molar refractivity (Wildman–Crippen MR) is 137 cm³/mol. The van der Waals surface area contributed by atoms with Crippen LogP contribution >= 0.6 is 22.0 Å². The second-order valence-corrected chi connectivity index (χ2v) is 8.12. The summed E-state index contributed by atoms with van der Waals surface area (Å²) < 4.78 is 0. The molecular weight excluding hydrogens is 431 g/mol. The minimum atomic E-state index is -0.136. The zero-order valence-electron chi connectivity index (χ0n) is 20.0. The van der Waals surface area contributed by atoms with Crippen molar-refractivity contribution < 1.29 is 14.4 Å². The van der Waals surface area contributed by atoms with E-state index < -0.39 is 0 Å². The summed E-state index contributed by atoms with van der Waals surface area (Å²) in [6.07, 6.45) is 13.8. The molecule has 2 rings (SSSR count). The number of rotatable bonds is 9. The van der Waals surface area contributed by atoms with E-state index in [4.69, 9.17) is 10.5 Å². The van der Waals surface area contributed by atoms with Crippen LogP contribution in [0, 0.1) is 17.8 Å². The van der Waals surface area contributed by atoms with Crippen LogP contribution < -0.4 is 16.1 Å². The highest BCUT2D eigenvalue weighted by molar-refractivity contribution is 7.79. The quantitative estimate of drug-likeness (QED) is 0.135. The number of amides is 3. The van der Waals surface area contributed by atoms with Gasteiger partial charge >= 0.3 is 0 Å². The zero-order chi connectivity index (χ0) is 24.2. The molecule has 0 aromatic heterocycles. The highest BCUT2D eigenvalue weighted by Gasteiger charge is 2.39. The molecule has 0 bridgehead atoms. The van der Waals surface area contributed by atoms with E-state index in [1.807, 2.05) is 4.90 Å². The summed E-state index contributed by atoms with van der Waals surface area (Å²) in [5.74, 6) is 1.32. The molecule has 7 nitrogen and oxygen atoms in total. The van der Waals surface area contributed by atoms with E-state index in [0.29, 0.717) is 30.8 Å². The minimum absolute atomic E-state index is 0.136. The standard InChI is InChI=1S/C11H19NO.C8H17N2OP.C2H5NO.CH4S/c1-2-3-4-5-6-7-9-8-10(9)11(12)13;1-6-3-4-10(7(6)2)8(11)5-9-12;1-3-2-4;1-2/h6-7,9-10H,2-5,8H2,1H3,(H2,12,13);6-7,9H,3-5,12H2,1-2H3;2H,1H3,(H,3,4);2H,1H3/b7-6-;;;. The molecule has 31 heavy (non-hydrogen) atoms. The van der Waals surface area contributed by atoms with E-state index in [2.05, 4.69) is 65.3 Å². The first-order valence-corrected chi connectivity index (χ1v) is 12.6. The number of thiol groups is 1. The third-order valence-electron chi connectivity index (χ3n) is 5.39. The molecule has 2 aliphatic rings. The highest BCUT2D eigenvalue weighted by atomic mass is 32.1. The van der Waals surface area contributed by atoms with Gasteiger partial charge < -0.3 is 16.0 Å². The lowest BCUT2D eigenvalue weighted by Crippen LogP contribution is -2.39. The first kappa shape index (κ1) is 32.1. The molecule has 0 radical (unpaired) electrons. The second kappa shape index (κ2) is 20.8. The van der Waals surface area contributed by atoms with Gasteiger partial charge in [0.05, 0.1) is 6.54 Å². The number of nitrogens with two attached hydrogens (primary N) is 1. The fourth-order valence-corrected chi connectivity index (χ4v) is 3.35. The average molecular weight is 477 g/mol. The number of carbonyl (C=O) groups is 3. The van der Waals surface area contributed by atoms with Crippen LogP contribution in [-0.4, -0.2) is 55.6 Å². The van der Waals surface area contributed by atoms with Crippen LogP contribution in [-0.2, 0) is 14.4 Å². The third-order valence-corrected chi connectivity index (χ3v) is 5.60. The Morgan fingerprint density at radius 1 is 1.26 bits per heavy atom. The van der Waals surface area contributed by atoms with Crippen molar-refractivity contribution in [1.82, 2.24) is 15.3 Å². The van der Waals surface area contributed by atoms with Crippen molar-refractivity contribution in [2.45, 2.75) is 65.3 Å². The Morgan fingerprint density at radius 2 is 1.87 bits per heavy atom. The summed E-state index contributed by atoms with van der Waals surface area (Å²) >= 11 is 3.53. The lowest BCUT2D eigenvalue weighted by molar-refractivity contribution is -0.130. The number of nitrogens with zero attached hydrogens (tertiary/aromatic N) is 1. The predicted octanol–water partition coefficient (Wildman–Crippen LogP) is 2.78. The zero-order valence-corrected chi connectivity index (χ0v) is 22.0. The van der Waals surface area contributed by atoms with Gasteiger partial charge in [0.15, 0.2) is 0 Å². The van der Waals surface area contributed by atoms with E-state index in [0.717, 1.165) is 25.8 Å².